The number of aromatic nitrogens is 3. The summed E-state index contributed by atoms with van der Waals surface area (Å²) in [5.41, 5.74) is 5.20. The Morgan fingerprint density at radius 3 is 1.27 bits per heavy atom. The fourth-order valence-electron chi connectivity index (χ4n) is 7.51. The molecule has 45 heavy (non-hydrogen) atoms. The molecule has 3 nitrogen and oxygen atoms in total. The highest BCUT2D eigenvalue weighted by atomic mass is 15.2. The third kappa shape index (κ3) is 3.35. The number of hydrogen-bond acceptors (Lipinski definition) is 2. The summed E-state index contributed by atoms with van der Waals surface area (Å²) >= 11 is 0. The number of benzene rings is 8. The predicted molar refractivity (Wildman–Crippen MR) is 189 cm³/mol. The van der Waals surface area contributed by atoms with Crippen molar-refractivity contribution < 1.29 is 0 Å². The van der Waals surface area contributed by atoms with Gasteiger partial charge in [-0.1, -0.05) is 146 Å². The van der Waals surface area contributed by atoms with Crippen LogP contribution in [0.4, 0.5) is 0 Å². The molecule has 0 saturated heterocycles. The molecule has 0 fully saturated rings. The number of hydrogen-bond donors (Lipinski definition) is 0. The molecule has 0 N–H and O–H groups in total. The zero-order valence-corrected chi connectivity index (χ0v) is 24.3. The Hall–Kier alpha value is -6.06. The van der Waals surface area contributed by atoms with Crippen molar-refractivity contribution in [1.82, 2.24) is 14.5 Å². The van der Waals surface area contributed by atoms with E-state index in [2.05, 4.69) is 156 Å². The molecule has 10 aromatic rings. The summed E-state index contributed by atoms with van der Waals surface area (Å²) in [6, 6.07) is 54.0. The third-order valence-corrected chi connectivity index (χ3v) is 9.35. The maximum atomic E-state index is 5.44. The van der Waals surface area contributed by atoms with Crippen molar-refractivity contribution in [2.75, 3.05) is 0 Å². The molecule has 2 heterocycles. The largest absolute Gasteiger partial charge is 0.277 e. The van der Waals surface area contributed by atoms with E-state index in [1.54, 1.807) is 0 Å². The molecule has 0 unspecified atom stereocenters. The summed E-state index contributed by atoms with van der Waals surface area (Å²) in [6.45, 7) is 0. The molecule has 0 bridgehead atoms. The second kappa shape index (κ2) is 9.22. The minimum atomic E-state index is 0.674. The second-order valence-corrected chi connectivity index (χ2v) is 11.7. The average molecular weight is 572 g/mol. The first kappa shape index (κ1) is 24.4. The molecule has 0 spiro atoms. The molecule has 0 aliphatic rings. The minimum Gasteiger partial charge on any atom is -0.277 e. The van der Waals surface area contributed by atoms with Crippen molar-refractivity contribution in [3.8, 4) is 17.2 Å². The standard InChI is InChI=1S/C42H25N3/c1-2-14-26(15-3-1)39-35-24-12-13-25-36(35)43-42(44-39)45-40-33-22-10-6-18-29(33)27-16-4-8-20-31(27)37(40)38-32-21-9-5-17-28(32)30-19-7-11-23-34(30)41(38)45/h1-25H. The van der Waals surface area contributed by atoms with Gasteiger partial charge in [0.2, 0.25) is 5.95 Å². The highest BCUT2D eigenvalue weighted by molar-refractivity contribution is 6.40. The van der Waals surface area contributed by atoms with Gasteiger partial charge < -0.3 is 0 Å². The van der Waals surface area contributed by atoms with E-state index >= 15 is 0 Å². The number of fused-ring (bicyclic) bond motifs is 14. The van der Waals surface area contributed by atoms with E-state index < -0.39 is 0 Å². The van der Waals surface area contributed by atoms with Crippen LogP contribution in [0.25, 0.3) is 93.0 Å². The van der Waals surface area contributed by atoms with Gasteiger partial charge in [0.1, 0.15) is 0 Å². The fourth-order valence-corrected chi connectivity index (χ4v) is 7.51. The molecule has 0 aliphatic carbocycles. The predicted octanol–water partition coefficient (Wildman–Crippen LogP) is 11.0. The number of para-hydroxylation sites is 1. The summed E-state index contributed by atoms with van der Waals surface area (Å²) in [6.07, 6.45) is 0. The SMILES string of the molecule is c1ccc(-c2nc(-n3c4c5ccccc5c5ccccc5c4c4c5ccccc5c5ccccc5c43)nc3ccccc23)cc1. The van der Waals surface area contributed by atoms with Crippen LogP contribution in [-0.4, -0.2) is 14.5 Å². The maximum absolute atomic E-state index is 5.44. The van der Waals surface area contributed by atoms with Crippen LogP contribution in [-0.2, 0) is 0 Å². The first-order valence-electron chi connectivity index (χ1n) is 15.4. The molecule has 0 atom stereocenters. The van der Waals surface area contributed by atoms with E-state index in [1.807, 2.05) is 0 Å². The van der Waals surface area contributed by atoms with Crippen LogP contribution in [0.5, 0.6) is 0 Å². The zero-order chi connectivity index (χ0) is 29.5. The Labute approximate surface area is 258 Å². The van der Waals surface area contributed by atoms with Crippen molar-refractivity contribution in [3.05, 3.63) is 152 Å². The van der Waals surface area contributed by atoms with E-state index in [9.17, 15) is 0 Å². The lowest BCUT2D eigenvalue weighted by molar-refractivity contribution is 1.02. The summed E-state index contributed by atoms with van der Waals surface area (Å²) < 4.78 is 2.35. The Kier molecular flexibility index (Phi) is 5.00. The molecule has 10 rings (SSSR count). The van der Waals surface area contributed by atoms with Crippen LogP contribution in [0, 0.1) is 0 Å². The normalized spacial score (nSPS) is 12.0. The van der Waals surface area contributed by atoms with Gasteiger partial charge in [-0.15, -0.1) is 0 Å². The van der Waals surface area contributed by atoms with Gasteiger partial charge in [0.25, 0.3) is 0 Å². The van der Waals surface area contributed by atoms with Crippen molar-refractivity contribution in [3.63, 3.8) is 0 Å². The Morgan fingerprint density at radius 2 is 0.733 bits per heavy atom. The van der Waals surface area contributed by atoms with Gasteiger partial charge in [-0.25, -0.2) is 9.97 Å². The van der Waals surface area contributed by atoms with Gasteiger partial charge in [-0.05, 0) is 38.4 Å². The topological polar surface area (TPSA) is 30.7 Å². The lowest BCUT2D eigenvalue weighted by Gasteiger charge is -2.14. The van der Waals surface area contributed by atoms with Crippen LogP contribution >= 0.6 is 0 Å². The highest BCUT2D eigenvalue weighted by Crippen LogP contribution is 2.47. The molecule has 8 aromatic carbocycles. The molecule has 208 valence electrons. The zero-order valence-electron chi connectivity index (χ0n) is 24.3. The minimum absolute atomic E-state index is 0.674. The van der Waals surface area contributed by atoms with Crippen LogP contribution in [0.1, 0.15) is 0 Å². The van der Waals surface area contributed by atoms with Crippen LogP contribution in [0.2, 0.25) is 0 Å². The van der Waals surface area contributed by atoms with Gasteiger partial charge in [0.15, 0.2) is 0 Å². The Balaban J connectivity index is 1.54. The Morgan fingerprint density at radius 1 is 0.333 bits per heavy atom. The summed E-state index contributed by atoms with van der Waals surface area (Å²) in [5, 5.41) is 13.3. The van der Waals surface area contributed by atoms with E-state index in [0.717, 1.165) is 33.2 Å². The molecule has 0 aliphatic heterocycles. The average Bonchev–Trinajstić information content (AvgIpc) is 3.49. The first-order valence-corrected chi connectivity index (χ1v) is 15.4. The van der Waals surface area contributed by atoms with Crippen molar-refractivity contribution in [2.45, 2.75) is 0 Å². The molecule has 3 heteroatoms. The van der Waals surface area contributed by atoms with Gasteiger partial charge in [0.05, 0.1) is 22.2 Å². The second-order valence-electron chi connectivity index (χ2n) is 11.7. The lowest BCUT2D eigenvalue weighted by Crippen LogP contribution is -2.04. The van der Waals surface area contributed by atoms with Gasteiger partial charge in [-0.2, -0.15) is 0 Å². The number of nitrogens with zero attached hydrogens (tertiary/aromatic N) is 3. The highest BCUT2D eigenvalue weighted by Gasteiger charge is 2.24. The molecule has 0 radical (unpaired) electrons. The smallest absolute Gasteiger partial charge is 0.235 e. The third-order valence-electron chi connectivity index (χ3n) is 9.35. The molecular formula is C42H25N3. The van der Waals surface area contributed by atoms with Gasteiger partial charge >= 0.3 is 0 Å². The summed E-state index contributed by atoms with van der Waals surface area (Å²) in [7, 11) is 0. The summed E-state index contributed by atoms with van der Waals surface area (Å²) in [5.74, 6) is 0.674. The van der Waals surface area contributed by atoms with E-state index in [-0.39, 0.29) is 0 Å². The Bertz CT molecular complexity index is 2680. The van der Waals surface area contributed by atoms with Crippen LogP contribution < -0.4 is 0 Å². The van der Waals surface area contributed by atoms with E-state index in [0.29, 0.717) is 5.95 Å². The van der Waals surface area contributed by atoms with Gasteiger partial charge in [0, 0.05) is 32.5 Å². The van der Waals surface area contributed by atoms with Crippen molar-refractivity contribution in [1.29, 1.82) is 0 Å². The summed E-state index contributed by atoms with van der Waals surface area (Å²) in [4.78, 5) is 10.8. The van der Waals surface area contributed by atoms with Gasteiger partial charge in [-0.3, -0.25) is 4.57 Å². The monoisotopic (exact) mass is 571 g/mol. The molecule has 0 saturated carbocycles. The van der Waals surface area contributed by atoms with Crippen molar-refractivity contribution >= 4 is 75.8 Å². The number of rotatable bonds is 2. The molecular weight excluding hydrogens is 546 g/mol. The lowest BCUT2D eigenvalue weighted by atomic mass is 9.93. The molecule has 2 aromatic heterocycles. The fraction of sp³-hybridized carbons (Fsp3) is 0. The maximum Gasteiger partial charge on any atom is 0.235 e. The van der Waals surface area contributed by atoms with Crippen LogP contribution in [0.3, 0.4) is 0 Å². The van der Waals surface area contributed by atoms with Crippen molar-refractivity contribution in [2.24, 2.45) is 0 Å². The van der Waals surface area contributed by atoms with E-state index in [1.165, 1.54) is 53.9 Å². The van der Waals surface area contributed by atoms with E-state index in [4.69, 9.17) is 9.97 Å². The quantitative estimate of drug-likeness (QED) is 0.193. The molecule has 0 amide bonds. The van der Waals surface area contributed by atoms with Crippen LogP contribution in [0.15, 0.2) is 152 Å². The first-order chi connectivity index (χ1) is 22.4.